The van der Waals surface area contributed by atoms with Gasteiger partial charge in [0.25, 0.3) is 0 Å². The Hall–Kier alpha value is -2.27. The number of rotatable bonds is 2. The number of fused-ring (bicyclic) bond motifs is 1. The number of methoxy groups -OCH3 is 1. The molecule has 1 unspecified atom stereocenters. The highest BCUT2D eigenvalue weighted by molar-refractivity contribution is 5.89. The summed E-state index contributed by atoms with van der Waals surface area (Å²) in [7, 11) is 1.38. The number of nitrogens with one attached hydrogen (secondary N) is 3. The Kier molecular flexibility index (Phi) is 2.34. The van der Waals surface area contributed by atoms with E-state index in [4.69, 9.17) is 4.74 Å². The summed E-state index contributed by atoms with van der Waals surface area (Å²) < 4.78 is 4.88. The summed E-state index contributed by atoms with van der Waals surface area (Å²) in [4.78, 5) is 15.3. The molecule has 1 aromatic carbocycles. The molecule has 0 amide bonds. The Morgan fingerprint density at radius 3 is 2.83 bits per heavy atom. The smallest absolute Gasteiger partial charge is 0.338 e. The Morgan fingerprint density at radius 1 is 1.33 bits per heavy atom. The average Bonchev–Trinajstić information content (AvgIpc) is 3.04. The topological polar surface area (TPSA) is 66.2 Å². The molecule has 0 bridgehead atoms. The molecule has 0 radical (unpaired) electrons. The highest BCUT2D eigenvalue weighted by Gasteiger charge is 2.42. The lowest BCUT2D eigenvalue weighted by Gasteiger charge is -2.23. The van der Waals surface area contributed by atoms with Crippen molar-refractivity contribution in [3.8, 4) is 0 Å². The highest BCUT2D eigenvalue weighted by Crippen LogP contribution is 2.28. The van der Waals surface area contributed by atoms with Crippen molar-refractivity contribution in [1.29, 1.82) is 0 Å². The van der Waals surface area contributed by atoms with E-state index >= 15 is 0 Å². The maximum atomic E-state index is 12.0. The van der Waals surface area contributed by atoms with Gasteiger partial charge in [-0.2, -0.15) is 0 Å². The third-order valence-corrected chi connectivity index (χ3v) is 3.15. The van der Waals surface area contributed by atoms with Gasteiger partial charge in [-0.15, -0.1) is 0 Å². The lowest BCUT2D eigenvalue weighted by atomic mass is 9.97. The summed E-state index contributed by atoms with van der Waals surface area (Å²) in [5.41, 5.74) is 6.49. The number of ether oxygens (including phenoxy) is 1. The second-order valence-corrected chi connectivity index (χ2v) is 4.17. The minimum absolute atomic E-state index is 0.365. The standard InChI is InChI=1S/C13H13N3O2/c1-18-12(17)13(6-7-14-16-13)11-8-9-4-2-3-5-10(9)15-11/h2-8,14-16H,1H3. The van der Waals surface area contributed by atoms with E-state index in [0.29, 0.717) is 0 Å². The van der Waals surface area contributed by atoms with Crippen molar-refractivity contribution in [2.75, 3.05) is 7.11 Å². The van der Waals surface area contributed by atoms with Gasteiger partial charge in [-0.05, 0) is 23.6 Å². The quantitative estimate of drug-likeness (QED) is 0.692. The van der Waals surface area contributed by atoms with E-state index in [0.717, 1.165) is 16.6 Å². The number of H-pyrrole nitrogens is 1. The first kappa shape index (κ1) is 10.9. The molecule has 0 fully saturated rings. The van der Waals surface area contributed by atoms with Crippen LogP contribution < -0.4 is 10.9 Å². The van der Waals surface area contributed by atoms with E-state index in [1.54, 1.807) is 12.3 Å². The second kappa shape index (κ2) is 3.89. The average molecular weight is 243 g/mol. The molecule has 1 aliphatic rings. The van der Waals surface area contributed by atoms with Gasteiger partial charge >= 0.3 is 5.97 Å². The van der Waals surface area contributed by atoms with Gasteiger partial charge in [0.05, 0.1) is 12.8 Å². The van der Waals surface area contributed by atoms with Crippen LogP contribution in [0, 0.1) is 0 Å². The third kappa shape index (κ3) is 1.41. The number of carbonyl (C=O) groups excluding carboxylic acids is 1. The van der Waals surface area contributed by atoms with Crippen molar-refractivity contribution in [2.24, 2.45) is 0 Å². The van der Waals surface area contributed by atoms with Gasteiger partial charge in [-0.3, -0.25) is 0 Å². The van der Waals surface area contributed by atoms with Crippen molar-refractivity contribution >= 4 is 16.9 Å². The lowest BCUT2D eigenvalue weighted by Crippen LogP contribution is -2.49. The number of hydrogen-bond donors (Lipinski definition) is 3. The molecular weight excluding hydrogens is 230 g/mol. The summed E-state index contributed by atoms with van der Waals surface area (Å²) in [5, 5.41) is 1.05. The van der Waals surface area contributed by atoms with Crippen LogP contribution in [0.15, 0.2) is 42.6 Å². The Bertz CT molecular complexity index is 599. The van der Waals surface area contributed by atoms with E-state index in [9.17, 15) is 4.79 Å². The van der Waals surface area contributed by atoms with Gasteiger partial charge in [0.1, 0.15) is 0 Å². The monoisotopic (exact) mass is 243 g/mol. The van der Waals surface area contributed by atoms with E-state index < -0.39 is 5.54 Å². The predicted octanol–water partition coefficient (Wildman–Crippen LogP) is 1.16. The van der Waals surface area contributed by atoms with Crippen molar-refractivity contribution in [2.45, 2.75) is 5.54 Å². The van der Waals surface area contributed by atoms with Gasteiger partial charge in [0.15, 0.2) is 5.54 Å². The SMILES string of the molecule is COC(=O)C1(c2cc3ccccc3[nH]2)C=CNN1. The fourth-order valence-electron chi connectivity index (χ4n) is 2.20. The molecule has 0 spiro atoms. The minimum atomic E-state index is -0.992. The zero-order valence-electron chi connectivity index (χ0n) is 9.86. The normalized spacial score (nSPS) is 22.1. The first-order chi connectivity index (χ1) is 8.76. The summed E-state index contributed by atoms with van der Waals surface area (Å²) in [6, 6.07) is 9.81. The van der Waals surface area contributed by atoms with Crippen molar-refractivity contribution < 1.29 is 9.53 Å². The molecule has 1 atom stereocenters. The number of benzene rings is 1. The van der Waals surface area contributed by atoms with Gasteiger partial charge in [0, 0.05) is 11.7 Å². The first-order valence-corrected chi connectivity index (χ1v) is 5.63. The maximum absolute atomic E-state index is 12.0. The largest absolute Gasteiger partial charge is 0.467 e. The van der Waals surface area contributed by atoms with Crippen LogP contribution >= 0.6 is 0 Å². The summed E-state index contributed by atoms with van der Waals surface area (Å²) in [5.74, 6) is -0.365. The molecule has 2 heterocycles. The molecule has 0 saturated carbocycles. The Labute approximate surface area is 104 Å². The Morgan fingerprint density at radius 2 is 2.17 bits per heavy atom. The van der Waals surface area contributed by atoms with Gasteiger partial charge in [-0.25, -0.2) is 10.2 Å². The molecule has 0 saturated heterocycles. The van der Waals surface area contributed by atoms with E-state index in [2.05, 4.69) is 15.8 Å². The lowest BCUT2D eigenvalue weighted by molar-refractivity contribution is -0.147. The van der Waals surface area contributed by atoms with E-state index in [1.165, 1.54) is 7.11 Å². The molecule has 5 heteroatoms. The van der Waals surface area contributed by atoms with Crippen LogP contribution in [0.1, 0.15) is 5.69 Å². The molecule has 1 aromatic heterocycles. The third-order valence-electron chi connectivity index (χ3n) is 3.15. The molecule has 3 rings (SSSR count). The maximum Gasteiger partial charge on any atom is 0.338 e. The molecular formula is C13H13N3O2. The summed E-state index contributed by atoms with van der Waals surface area (Å²) in [6.07, 6.45) is 3.42. The number of aromatic nitrogens is 1. The number of carbonyl (C=O) groups is 1. The number of esters is 1. The summed E-state index contributed by atoms with van der Waals surface area (Å²) in [6.45, 7) is 0. The zero-order valence-corrected chi connectivity index (χ0v) is 9.86. The van der Waals surface area contributed by atoms with Crippen LogP contribution in [-0.4, -0.2) is 18.1 Å². The molecule has 92 valence electrons. The molecule has 0 aliphatic carbocycles. The number of hydrogen-bond acceptors (Lipinski definition) is 4. The van der Waals surface area contributed by atoms with Crippen LogP contribution in [0.3, 0.4) is 0 Å². The number of para-hydroxylation sites is 1. The van der Waals surface area contributed by atoms with Crippen LogP contribution in [-0.2, 0) is 15.1 Å². The van der Waals surface area contributed by atoms with E-state index in [-0.39, 0.29) is 5.97 Å². The Balaban J connectivity index is 2.16. The highest BCUT2D eigenvalue weighted by atomic mass is 16.5. The molecule has 18 heavy (non-hydrogen) atoms. The molecule has 2 aromatic rings. The van der Waals surface area contributed by atoms with Crippen molar-refractivity contribution in [1.82, 2.24) is 15.8 Å². The number of hydrazine groups is 1. The van der Waals surface area contributed by atoms with Gasteiger partial charge in [-0.1, -0.05) is 18.2 Å². The summed E-state index contributed by atoms with van der Waals surface area (Å²) >= 11 is 0. The van der Waals surface area contributed by atoms with Crippen molar-refractivity contribution in [3.05, 3.63) is 48.3 Å². The van der Waals surface area contributed by atoms with Gasteiger partial charge < -0.3 is 15.1 Å². The van der Waals surface area contributed by atoms with Crippen LogP contribution in [0.4, 0.5) is 0 Å². The zero-order chi connectivity index (χ0) is 12.6. The molecule has 5 nitrogen and oxygen atoms in total. The first-order valence-electron chi connectivity index (χ1n) is 5.63. The van der Waals surface area contributed by atoms with Crippen molar-refractivity contribution in [3.63, 3.8) is 0 Å². The molecule has 3 N–H and O–H groups in total. The number of aromatic amines is 1. The molecule has 1 aliphatic heterocycles. The van der Waals surface area contributed by atoms with Crippen LogP contribution in [0.5, 0.6) is 0 Å². The van der Waals surface area contributed by atoms with Gasteiger partial charge in [0.2, 0.25) is 0 Å². The predicted molar refractivity (Wildman–Crippen MR) is 67.4 cm³/mol. The van der Waals surface area contributed by atoms with E-state index in [1.807, 2.05) is 30.3 Å². The second-order valence-electron chi connectivity index (χ2n) is 4.17. The fourth-order valence-corrected chi connectivity index (χ4v) is 2.20. The minimum Gasteiger partial charge on any atom is -0.467 e. The fraction of sp³-hybridized carbons (Fsp3) is 0.154. The van der Waals surface area contributed by atoms with Crippen LogP contribution in [0.25, 0.3) is 10.9 Å². The van der Waals surface area contributed by atoms with Crippen LogP contribution in [0.2, 0.25) is 0 Å².